The molecule has 0 aliphatic carbocycles. The molecule has 0 aromatic rings. The fourth-order valence-electron chi connectivity index (χ4n) is 1.08. The Morgan fingerprint density at radius 1 is 1.20 bits per heavy atom. The molecular weight excluding hydrogens is 222 g/mol. The Morgan fingerprint density at radius 2 is 1.80 bits per heavy atom. The summed E-state index contributed by atoms with van der Waals surface area (Å²) in [6.45, 7) is 12.6. The highest BCUT2D eigenvalue weighted by molar-refractivity contribution is 8.00. The van der Waals surface area contributed by atoms with Gasteiger partial charge in [0.05, 0.1) is 0 Å². The lowest BCUT2D eigenvalue weighted by atomic mass is 10.3. The SMILES string of the molecule is CSC(C)CCNC(C)CSC(C)(C)C. The second-order valence-electron chi connectivity index (χ2n) is 5.11. The summed E-state index contributed by atoms with van der Waals surface area (Å²) in [4.78, 5) is 0. The lowest BCUT2D eigenvalue weighted by Gasteiger charge is -2.21. The van der Waals surface area contributed by atoms with Gasteiger partial charge in [0.15, 0.2) is 0 Å². The minimum atomic E-state index is 0.391. The predicted octanol–water partition coefficient (Wildman–Crippen LogP) is 3.64. The normalized spacial score (nSPS) is 16.4. The van der Waals surface area contributed by atoms with Crippen LogP contribution in [-0.2, 0) is 0 Å². The molecule has 0 aromatic carbocycles. The molecule has 1 nitrogen and oxygen atoms in total. The molecule has 2 atom stereocenters. The second kappa shape index (κ2) is 7.86. The van der Waals surface area contributed by atoms with Crippen molar-refractivity contribution in [3.8, 4) is 0 Å². The zero-order valence-corrected chi connectivity index (χ0v) is 12.7. The van der Waals surface area contributed by atoms with Crippen molar-refractivity contribution >= 4 is 23.5 Å². The van der Waals surface area contributed by atoms with Crippen molar-refractivity contribution in [3.63, 3.8) is 0 Å². The van der Waals surface area contributed by atoms with Crippen LogP contribution in [0.4, 0.5) is 0 Å². The minimum Gasteiger partial charge on any atom is -0.313 e. The Balaban J connectivity index is 3.45. The van der Waals surface area contributed by atoms with Crippen LogP contribution in [-0.4, -0.2) is 34.6 Å². The molecule has 0 heterocycles. The summed E-state index contributed by atoms with van der Waals surface area (Å²) in [5.41, 5.74) is 0. The van der Waals surface area contributed by atoms with Gasteiger partial charge in [-0.3, -0.25) is 0 Å². The highest BCUT2D eigenvalue weighted by Crippen LogP contribution is 2.23. The van der Waals surface area contributed by atoms with Crippen LogP contribution in [0.2, 0.25) is 0 Å². The Morgan fingerprint density at radius 3 is 2.27 bits per heavy atom. The number of nitrogens with one attached hydrogen (secondary N) is 1. The number of hydrogen-bond donors (Lipinski definition) is 1. The van der Waals surface area contributed by atoms with Crippen LogP contribution >= 0.6 is 23.5 Å². The van der Waals surface area contributed by atoms with Gasteiger partial charge in [-0.15, -0.1) is 0 Å². The van der Waals surface area contributed by atoms with E-state index in [1.807, 2.05) is 23.5 Å². The highest BCUT2D eigenvalue weighted by atomic mass is 32.2. The van der Waals surface area contributed by atoms with Gasteiger partial charge in [-0.25, -0.2) is 0 Å². The lowest BCUT2D eigenvalue weighted by molar-refractivity contribution is 0.574. The number of hydrogen-bond acceptors (Lipinski definition) is 3. The fourth-order valence-corrected chi connectivity index (χ4v) is 2.31. The zero-order valence-electron chi connectivity index (χ0n) is 11.1. The van der Waals surface area contributed by atoms with E-state index in [4.69, 9.17) is 0 Å². The second-order valence-corrected chi connectivity index (χ2v) is 8.24. The third-order valence-electron chi connectivity index (χ3n) is 2.21. The molecular formula is C12H27NS2. The molecule has 3 heteroatoms. The highest BCUT2D eigenvalue weighted by Gasteiger charge is 2.12. The third kappa shape index (κ3) is 10.9. The molecule has 0 aliphatic heterocycles. The molecule has 0 saturated heterocycles. The van der Waals surface area contributed by atoms with E-state index in [2.05, 4.69) is 46.2 Å². The standard InChI is InChI=1S/C12H27NS2/c1-10(9-15-12(3,4)5)13-8-7-11(2)14-6/h10-11,13H,7-9H2,1-6H3. The van der Waals surface area contributed by atoms with Gasteiger partial charge in [-0.05, 0) is 26.1 Å². The van der Waals surface area contributed by atoms with Crippen LogP contribution in [0.5, 0.6) is 0 Å². The van der Waals surface area contributed by atoms with E-state index in [1.54, 1.807) is 0 Å². The number of rotatable bonds is 7. The van der Waals surface area contributed by atoms with E-state index in [0.717, 1.165) is 11.8 Å². The Hall–Kier alpha value is 0.660. The summed E-state index contributed by atoms with van der Waals surface area (Å²) in [5.74, 6) is 1.21. The number of thioether (sulfide) groups is 2. The fraction of sp³-hybridized carbons (Fsp3) is 1.00. The first-order valence-corrected chi connectivity index (χ1v) is 8.02. The van der Waals surface area contributed by atoms with Crippen LogP contribution in [0.15, 0.2) is 0 Å². The minimum absolute atomic E-state index is 0.391. The van der Waals surface area contributed by atoms with E-state index in [-0.39, 0.29) is 0 Å². The summed E-state index contributed by atoms with van der Waals surface area (Å²) in [6, 6.07) is 0.628. The molecule has 0 aliphatic rings. The first kappa shape index (κ1) is 15.7. The molecule has 0 bridgehead atoms. The Bertz CT molecular complexity index is 154. The molecule has 0 radical (unpaired) electrons. The first-order valence-electron chi connectivity index (χ1n) is 5.75. The van der Waals surface area contributed by atoms with E-state index < -0.39 is 0 Å². The molecule has 1 N–H and O–H groups in total. The smallest absolute Gasteiger partial charge is 0.0130 e. The topological polar surface area (TPSA) is 12.0 Å². The van der Waals surface area contributed by atoms with Gasteiger partial charge >= 0.3 is 0 Å². The molecule has 0 rings (SSSR count). The predicted molar refractivity (Wildman–Crippen MR) is 77.3 cm³/mol. The van der Waals surface area contributed by atoms with Crippen molar-refractivity contribution in [1.29, 1.82) is 0 Å². The summed E-state index contributed by atoms with van der Waals surface area (Å²) in [5, 5.41) is 4.36. The largest absolute Gasteiger partial charge is 0.313 e. The molecule has 92 valence electrons. The molecule has 15 heavy (non-hydrogen) atoms. The van der Waals surface area contributed by atoms with Gasteiger partial charge in [0.2, 0.25) is 0 Å². The van der Waals surface area contributed by atoms with E-state index in [9.17, 15) is 0 Å². The third-order valence-corrected chi connectivity index (χ3v) is 4.79. The maximum atomic E-state index is 3.59. The van der Waals surface area contributed by atoms with Crippen LogP contribution in [0, 0.1) is 0 Å². The quantitative estimate of drug-likeness (QED) is 0.740. The van der Waals surface area contributed by atoms with Crippen molar-refractivity contribution in [2.75, 3.05) is 18.6 Å². The maximum absolute atomic E-state index is 3.59. The van der Waals surface area contributed by atoms with Crippen molar-refractivity contribution < 1.29 is 0 Å². The van der Waals surface area contributed by atoms with E-state index >= 15 is 0 Å². The van der Waals surface area contributed by atoms with Crippen molar-refractivity contribution in [2.24, 2.45) is 0 Å². The van der Waals surface area contributed by atoms with Gasteiger partial charge in [0.25, 0.3) is 0 Å². The van der Waals surface area contributed by atoms with E-state index in [0.29, 0.717) is 10.8 Å². The summed E-state index contributed by atoms with van der Waals surface area (Å²) in [7, 11) is 0. The summed E-state index contributed by atoms with van der Waals surface area (Å²) in [6.07, 6.45) is 3.45. The van der Waals surface area contributed by atoms with Gasteiger partial charge in [-0.2, -0.15) is 23.5 Å². The van der Waals surface area contributed by atoms with Crippen LogP contribution in [0.3, 0.4) is 0 Å². The van der Waals surface area contributed by atoms with Crippen LogP contribution in [0.1, 0.15) is 41.0 Å². The molecule has 0 fully saturated rings. The first-order chi connectivity index (χ1) is 6.85. The molecule has 0 amide bonds. The van der Waals surface area contributed by atoms with Gasteiger partial charge < -0.3 is 5.32 Å². The summed E-state index contributed by atoms with van der Waals surface area (Å²) < 4.78 is 0.391. The average Bonchev–Trinajstić information content (AvgIpc) is 2.13. The Labute approximate surface area is 105 Å². The average molecular weight is 249 g/mol. The zero-order chi connectivity index (χ0) is 11.9. The van der Waals surface area contributed by atoms with E-state index in [1.165, 1.54) is 12.2 Å². The molecule has 2 unspecified atom stereocenters. The lowest BCUT2D eigenvalue weighted by Crippen LogP contribution is -2.31. The van der Waals surface area contributed by atoms with Gasteiger partial charge in [-0.1, -0.05) is 27.7 Å². The van der Waals surface area contributed by atoms with Gasteiger partial charge in [0.1, 0.15) is 0 Å². The van der Waals surface area contributed by atoms with Gasteiger partial charge in [0, 0.05) is 21.8 Å². The Kier molecular flexibility index (Phi) is 8.20. The molecule has 0 aromatic heterocycles. The molecule has 0 saturated carbocycles. The maximum Gasteiger partial charge on any atom is 0.0130 e. The van der Waals surface area contributed by atoms with Crippen molar-refractivity contribution in [2.45, 2.75) is 57.1 Å². The van der Waals surface area contributed by atoms with Crippen molar-refractivity contribution in [1.82, 2.24) is 5.32 Å². The monoisotopic (exact) mass is 249 g/mol. The summed E-state index contributed by atoms with van der Waals surface area (Å²) >= 11 is 3.99. The molecule has 0 spiro atoms. The van der Waals surface area contributed by atoms with Crippen LogP contribution < -0.4 is 5.32 Å². The van der Waals surface area contributed by atoms with Crippen molar-refractivity contribution in [3.05, 3.63) is 0 Å². The van der Waals surface area contributed by atoms with Crippen LogP contribution in [0.25, 0.3) is 0 Å².